The molecule has 0 aliphatic carbocycles. The lowest BCUT2D eigenvalue weighted by atomic mass is 10.1. The standard InChI is InChI=1S/C18H21BrN2O2/c1-13-5-3-8-17(14(13)2)23-12-21-18(22)20-10-9-15-6-4-7-16(19)11-15/h3-8,11H,9-10,12H2,1-2H3,(H2,20,21,22). The zero-order valence-electron chi connectivity index (χ0n) is 13.4. The first-order chi connectivity index (χ1) is 11.1. The monoisotopic (exact) mass is 376 g/mol. The number of rotatable bonds is 6. The smallest absolute Gasteiger partial charge is 0.317 e. The maximum atomic E-state index is 11.7. The molecule has 0 saturated heterocycles. The lowest BCUT2D eigenvalue weighted by Crippen LogP contribution is -2.38. The van der Waals surface area contributed by atoms with Gasteiger partial charge in [0.25, 0.3) is 0 Å². The van der Waals surface area contributed by atoms with Gasteiger partial charge in [-0.1, -0.05) is 40.2 Å². The van der Waals surface area contributed by atoms with E-state index in [0.29, 0.717) is 6.54 Å². The molecule has 0 aliphatic heterocycles. The number of hydrogen-bond donors (Lipinski definition) is 2. The SMILES string of the molecule is Cc1cccc(OCNC(=O)NCCc2cccc(Br)c2)c1C. The molecule has 0 atom stereocenters. The Hall–Kier alpha value is -2.01. The fraction of sp³-hybridized carbons (Fsp3) is 0.278. The molecule has 0 spiro atoms. The van der Waals surface area contributed by atoms with Crippen LogP contribution >= 0.6 is 15.9 Å². The van der Waals surface area contributed by atoms with Crippen molar-refractivity contribution in [2.24, 2.45) is 0 Å². The molecule has 5 heteroatoms. The van der Waals surface area contributed by atoms with E-state index < -0.39 is 0 Å². The van der Waals surface area contributed by atoms with Gasteiger partial charge in [0.05, 0.1) is 0 Å². The fourth-order valence-corrected chi connectivity index (χ4v) is 2.58. The van der Waals surface area contributed by atoms with E-state index in [0.717, 1.165) is 22.2 Å². The Bertz CT molecular complexity index is 674. The van der Waals surface area contributed by atoms with Crippen molar-refractivity contribution in [3.8, 4) is 5.75 Å². The van der Waals surface area contributed by atoms with Crippen LogP contribution < -0.4 is 15.4 Å². The summed E-state index contributed by atoms with van der Waals surface area (Å²) in [6, 6.07) is 13.7. The molecule has 0 radical (unpaired) electrons. The number of benzene rings is 2. The Labute approximate surface area is 145 Å². The first-order valence-corrected chi connectivity index (χ1v) is 8.30. The molecule has 122 valence electrons. The molecule has 0 aliphatic rings. The molecule has 4 nitrogen and oxygen atoms in total. The summed E-state index contributed by atoms with van der Waals surface area (Å²) in [5, 5.41) is 5.51. The summed E-state index contributed by atoms with van der Waals surface area (Å²) in [5.74, 6) is 0.791. The molecular formula is C18H21BrN2O2. The fourth-order valence-electron chi connectivity index (χ4n) is 2.14. The third-order valence-electron chi connectivity index (χ3n) is 3.60. The summed E-state index contributed by atoms with van der Waals surface area (Å²) in [4.78, 5) is 11.7. The zero-order chi connectivity index (χ0) is 16.7. The van der Waals surface area contributed by atoms with Gasteiger partial charge in [-0.2, -0.15) is 0 Å². The van der Waals surface area contributed by atoms with Crippen molar-refractivity contribution in [2.75, 3.05) is 13.3 Å². The molecule has 0 unspecified atom stereocenters. The Balaban J connectivity index is 1.68. The van der Waals surface area contributed by atoms with Gasteiger partial charge in [0.2, 0.25) is 0 Å². The number of carbonyl (C=O) groups excluding carboxylic acids is 1. The zero-order valence-corrected chi connectivity index (χ0v) is 14.9. The van der Waals surface area contributed by atoms with Crippen LogP contribution in [0.5, 0.6) is 5.75 Å². The van der Waals surface area contributed by atoms with Crippen LogP contribution in [0, 0.1) is 13.8 Å². The third kappa shape index (κ3) is 5.60. The Morgan fingerprint density at radius 2 is 1.91 bits per heavy atom. The van der Waals surface area contributed by atoms with E-state index in [2.05, 4.69) is 26.6 Å². The number of nitrogens with one attached hydrogen (secondary N) is 2. The topological polar surface area (TPSA) is 50.4 Å². The summed E-state index contributed by atoms with van der Waals surface area (Å²) in [6.45, 7) is 4.76. The maximum Gasteiger partial charge on any atom is 0.317 e. The molecular weight excluding hydrogens is 356 g/mol. The van der Waals surface area contributed by atoms with E-state index in [1.807, 2.05) is 56.3 Å². The molecule has 2 aromatic carbocycles. The second kappa shape index (κ2) is 8.58. The lowest BCUT2D eigenvalue weighted by Gasteiger charge is -2.12. The number of hydrogen-bond acceptors (Lipinski definition) is 2. The van der Waals surface area contributed by atoms with E-state index in [1.165, 1.54) is 11.1 Å². The second-order valence-electron chi connectivity index (χ2n) is 5.30. The van der Waals surface area contributed by atoms with Gasteiger partial charge in [0.15, 0.2) is 6.73 Å². The number of amides is 2. The van der Waals surface area contributed by atoms with Gasteiger partial charge in [-0.3, -0.25) is 0 Å². The molecule has 0 aromatic heterocycles. The van der Waals surface area contributed by atoms with Crippen molar-refractivity contribution in [1.29, 1.82) is 0 Å². The summed E-state index contributed by atoms with van der Waals surface area (Å²) in [7, 11) is 0. The minimum absolute atomic E-state index is 0.146. The number of aryl methyl sites for hydroxylation is 1. The average Bonchev–Trinajstić information content (AvgIpc) is 2.51. The van der Waals surface area contributed by atoms with Crippen molar-refractivity contribution >= 4 is 22.0 Å². The van der Waals surface area contributed by atoms with Crippen LogP contribution in [0.2, 0.25) is 0 Å². The van der Waals surface area contributed by atoms with Crippen molar-refractivity contribution in [3.63, 3.8) is 0 Å². The van der Waals surface area contributed by atoms with Crippen LogP contribution in [0.1, 0.15) is 16.7 Å². The highest BCUT2D eigenvalue weighted by Crippen LogP contribution is 2.19. The van der Waals surface area contributed by atoms with Gasteiger partial charge in [-0.05, 0) is 55.2 Å². The Kier molecular flexibility index (Phi) is 6.47. The summed E-state index contributed by atoms with van der Waals surface area (Å²) < 4.78 is 6.63. The normalized spacial score (nSPS) is 10.2. The van der Waals surface area contributed by atoms with Crippen molar-refractivity contribution in [3.05, 3.63) is 63.6 Å². The number of halogens is 1. The molecule has 2 amide bonds. The van der Waals surface area contributed by atoms with Gasteiger partial charge in [-0.15, -0.1) is 0 Å². The minimum Gasteiger partial charge on any atom is -0.473 e. The molecule has 0 heterocycles. The highest BCUT2D eigenvalue weighted by molar-refractivity contribution is 9.10. The summed E-state index contributed by atoms with van der Waals surface area (Å²) in [5.41, 5.74) is 3.43. The van der Waals surface area contributed by atoms with Crippen LogP contribution in [0.4, 0.5) is 4.79 Å². The van der Waals surface area contributed by atoms with Gasteiger partial charge < -0.3 is 15.4 Å². The van der Waals surface area contributed by atoms with Gasteiger partial charge in [0.1, 0.15) is 5.75 Å². The second-order valence-corrected chi connectivity index (χ2v) is 6.21. The van der Waals surface area contributed by atoms with Gasteiger partial charge >= 0.3 is 6.03 Å². The lowest BCUT2D eigenvalue weighted by molar-refractivity contribution is 0.224. The number of ether oxygens (including phenoxy) is 1. The van der Waals surface area contributed by atoms with Crippen molar-refractivity contribution in [1.82, 2.24) is 10.6 Å². The number of carbonyl (C=O) groups is 1. The average molecular weight is 377 g/mol. The van der Waals surface area contributed by atoms with E-state index in [1.54, 1.807) is 0 Å². The van der Waals surface area contributed by atoms with Crippen LogP contribution in [-0.4, -0.2) is 19.3 Å². The van der Waals surface area contributed by atoms with Gasteiger partial charge in [0, 0.05) is 11.0 Å². The maximum absolute atomic E-state index is 11.7. The first-order valence-electron chi connectivity index (χ1n) is 7.51. The van der Waals surface area contributed by atoms with Crippen molar-refractivity contribution < 1.29 is 9.53 Å². The molecule has 23 heavy (non-hydrogen) atoms. The first kappa shape index (κ1) is 17.3. The Morgan fingerprint density at radius 1 is 1.13 bits per heavy atom. The van der Waals surface area contributed by atoms with E-state index in [4.69, 9.17) is 4.74 Å². The summed E-state index contributed by atoms with van der Waals surface area (Å²) in [6.07, 6.45) is 0.782. The van der Waals surface area contributed by atoms with E-state index in [9.17, 15) is 4.79 Å². The molecule has 0 saturated carbocycles. The van der Waals surface area contributed by atoms with Crippen LogP contribution in [0.15, 0.2) is 46.9 Å². The summed E-state index contributed by atoms with van der Waals surface area (Å²) >= 11 is 3.43. The molecule has 2 aromatic rings. The highest BCUT2D eigenvalue weighted by Gasteiger charge is 2.03. The third-order valence-corrected chi connectivity index (χ3v) is 4.10. The Morgan fingerprint density at radius 3 is 2.70 bits per heavy atom. The molecule has 2 rings (SSSR count). The predicted octanol–water partition coefficient (Wildman–Crippen LogP) is 3.94. The highest BCUT2D eigenvalue weighted by atomic mass is 79.9. The van der Waals surface area contributed by atoms with E-state index in [-0.39, 0.29) is 12.8 Å². The quantitative estimate of drug-likeness (QED) is 0.750. The van der Waals surface area contributed by atoms with Crippen LogP contribution in [-0.2, 0) is 6.42 Å². The van der Waals surface area contributed by atoms with Crippen molar-refractivity contribution in [2.45, 2.75) is 20.3 Å². The molecule has 0 fully saturated rings. The minimum atomic E-state index is -0.231. The molecule has 2 N–H and O–H groups in total. The number of urea groups is 1. The van der Waals surface area contributed by atoms with Crippen LogP contribution in [0.25, 0.3) is 0 Å². The predicted molar refractivity (Wildman–Crippen MR) is 95.8 cm³/mol. The molecule has 0 bridgehead atoms. The van der Waals surface area contributed by atoms with Crippen LogP contribution in [0.3, 0.4) is 0 Å². The largest absolute Gasteiger partial charge is 0.473 e. The van der Waals surface area contributed by atoms with Gasteiger partial charge in [-0.25, -0.2) is 4.79 Å². The van der Waals surface area contributed by atoms with E-state index >= 15 is 0 Å².